The number of likely N-dealkylation sites (N-methyl/N-ethyl adjacent to an activating group) is 1. The number of hydrogen-bond acceptors (Lipinski definition) is 27. The average molecular weight is 1470 g/mol. The molecule has 1 unspecified atom stereocenters. The van der Waals surface area contributed by atoms with Crippen molar-refractivity contribution >= 4 is 133 Å². The van der Waals surface area contributed by atoms with Gasteiger partial charge in [0.05, 0.1) is 41.2 Å². The van der Waals surface area contributed by atoms with E-state index < -0.39 is 23.9 Å². The molecule has 0 bridgehead atoms. The molecule has 6 aliphatic rings. The van der Waals surface area contributed by atoms with Crippen molar-refractivity contribution in [3.63, 3.8) is 0 Å². The molecule has 0 amide bonds. The summed E-state index contributed by atoms with van der Waals surface area (Å²) in [5, 5.41) is 24.5. The molecule has 5 saturated heterocycles. The molecule has 90 heavy (non-hydrogen) atoms. The SMILES string of the molecule is CC(=O)OOC(C)=O.CN1c2nc(Cl)ncc2OCC1C1CCOCC1.CNc1nc(Cl)ncc1O.CNc1nc(Cl)ncc1OCC(=O)C1CCOCC1.O=C(CBr)C1CCOCC1.O=C(CBr)C1CCOCC1.O=C(O)C1CCOCC1.[B-]OC(C)=O.[Na+]. The van der Waals surface area contributed by atoms with Gasteiger partial charge in [0.2, 0.25) is 21.8 Å². The van der Waals surface area contributed by atoms with Gasteiger partial charge in [-0.15, -0.1) is 0 Å². The first-order valence-corrected chi connectivity index (χ1v) is 31.6. The van der Waals surface area contributed by atoms with E-state index in [-0.39, 0.29) is 87.2 Å². The summed E-state index contributed by atoms with van der Waals surface area (Å²) in [4.78, 5) is 107. The quantitative estimate of drug-likeness (QED) is 0.0652. The van der Waals surface area contributed by atoms with Crippen LogP contribution in [0.4, 0.5) is 17.5 Å². The van der Waals surface area contributed by atoms with Crippen LogP contribution in [0.3, 0.4) is 0 Å². The van der Waals surface area contributed by atoms with Crippen LogP contribution in [0, 0.1) is 29.6 Å². The predicted octanol–water partition coefficient (Wildman–Crippen LogP) is 4.09. The first kappa shape index (κ1) is 83.6. The number of aliphatic carboxylic acids is 1. The van der Waals surface area contributed by atoms with Gasteiger partial charge in [-0.25, -0.2) is 34.3 Å². The Labute approximate surface area is 578 Å². The van der Waals surface area contributed by atoms with Crippen LogP contribution < -0.4 is 54.6 Å². The van der Waals surface area contributed by atoms with Gasteiger partial charge in [-0.1, -0.05) is 31.9 Å². The smallest absolute Gasteiger partial charge is 0.793 e. The predicted molar refractivity (Wildman–Crippen MR) is 334 cm³/mol. The molecule has 0 saturated carbocycles. The third kappa shape index (κ3) is 35.0. The normalized spacial score (nSPS) is 17.2. The van der Waals surface area contributed by atoms with Crippen molar-refractivity contribution in [3.05, 3.63) is 34.4 Å². The van der Waals surface area contributed by atoms with Gasteiger partial charge >= 0.3 is 47.5 Å². The largest absolute Gasteiger partial charge is 1.00 e. The van der Waals surface area contributed by atoms with Crippen molar-refractivity contribution in [1.29, 1.82) is 0 Å². The summed E-state index contributed by atoms with van der Waals surface area (Å²) >= 11 is 23.3. The summed E-state index contributed by atoms with van der Waals surface area (Å²) in [6, 6.07) is 0.340. The second-order valence-electron chi connectivity index (χ2n) is 19.6. The Hall–Kier alpha value is -4.38. The van der Waals surface area contributed by atoms with E-state index in [9.17, 15) is 33.6 Å². The zero-order valence-corrected chi connectivity index (χ0v) is 59.0. The molecule has 0 aromatic carbocycles. The number of aromatic hydroxyl groups is 1. The molecule has 4 N–H and O–H groups in total. The van der Waals surface area contributed by atoms with E-state index in [4.69, 9.17) is 78.2 Å². The Morgan fingerprint density at radius 3 is 1.36 bits per heavy atom. The number of Topliss-reactive ketones (excluding diaryl/α,β-unsaturated/α-hetero) is 3. The maximum Gasteiger partial charge on any atom is 1.00 e. The minimum Gasteiger partial charge on any atom is -0.793 e. The van der Waals surface area contributed by atoms with E-state index in [1.54, 1.807) is 20.3 Å². The molecule has 35 heteroatoms. The fraction of sp³-hybridized carbons (Fsp3) is 0.655. The van der Waals surface area contributed by atoms with Crippen LogP contribution >= 0.6 is 66.7 Å². The summed E-state index contributed by atoms with van der Waals surface area (Å²) in [6.07, 6.45) is 13.0. The van der Waals surface area contributed by atoms with Crippen LogP contribution in [0.2, 0.25) is 15.9 Å². The number of carboxylic acid groups (broad SMARTS) is 1. The van der Waals surface area contributed by atoms with Crippen molar-refractivity contribution in [1.82, 2.24) is 29.9 Å². The van der Waals surface area contributed by atoms with Gasteiger partial charge in [0, 0.05) is 126 Å². The Morgan fingerprint density at radius 2 is 0.978 bits per heavy atom. The van der Waals surface area contributed by atoms with Crippen molar-refractivity contribution < 1.29 is 121 Å². The number of nitrogens with zero attached hydrogens (tertiary/aromatic N) is 7. The molecule has 9 rings (SSSR count). The number of ketones is 3. The molecule has 3 aromatic rings. The van der Waals surface area contributed by atoms with Gasteiger partial charge in [-0.2, -0.15) is 15.0 Å². The molecule has 497 valence electrons. The number of aromatic nitrogens is 6. The van der Waals surface area contributed by atoms with Crippen LogP contribution in [0.5, 0.6) is 17.2 Å². The molecule has 0 spiro atoms. The number of carbonyl (C=O) groups excluding carboxylic acids is 6. The monoisotopic (exact) mass is 1470 g/mol. The van der Waals surface area contributed by atoms with Crippen LogP contribution in [0.15, 0.2) is 18.6 Å². The fourth-order valence-electron chi connectivity index (χ4n) is 8.47. The number of nitrogens with one attached hydrogen (secondary N) is 2. The molecular formula is C55H79BBr2Cl3N9NaO19. The van der Waals surface area contributed by atoms with Crippen molar-refractivity contribution in [2.75, 3.05) is 127 Å². The second kappa shape index (κ2) is 49.2. The average Bonchev–Trinajstić information content (AvgIpc) is 3.04. The number of anilines is 3. The summed E-state index contributed by atoms with van der Waals surface area (Å²) < 4.78 is 40.7. The number of halogens is 5. The summed E-state index contributed by atoms with van der Waals surface area (Å²) in [7, 11) is 9.71. The van der Waals surface area contributed by atoms with Gasteiger partial charge < -0.3 is 71.6 Å². The number of carbonyl (C=O) groups is 7. The Balaban J connectivity index is 0.000000530. The molecule has 0 aliphatic carbocycles. The van der Waals surface area contributed by atoms with Crippen LogP contribution in [0.25, 0.3) is 0 Å². The van der Waals surface area contributed by atoms with E-state index in [0.29, 0.717) is 103 Å². The number of alkyl halides is 2. The summed E-state index contributed by atoms with van der Waals surface area (Å²) in [5.74, 6) is 2.00. The second-order valence-corrected chi connectivity index (χ2v) is 21.7. The molecular weight excluding hydrogens is 1390 g/mol. The van der Waals surface area contributed by atoms with Gasteiger partial charge in [0.25, 0.3) is 0 Å². The summed E-state index contributed by atoms with van der Waals surface area (Å²) in [6.45, 7) is 11.4. The zero-order chi connectivity index (χ0) is 66.1. The number of carboxylic acids is 1. The Morgan fingerprint density at radius 1 is 0.600 bits per heavy atom. The van der Waals surface area contributed by atoms with Gasteiger partial charge in [-0.05, 0) is 105 Å². The number of rotatable bonds is 12. The molecule has 3 aromatic heterocycles. The maximum absolute atomic E-state index is 12.0. The van der Waals surface area contributed by atoms with Crippen molar-refractivity contribution in [2.45, 2.75) is 91.0 Å². The van der Waals surface area contributed by atoms with Crippen LogP contribution in [0.1, 0.15) is 85.0 Å². The molecule has 3 radical (unpaired) electrons. The van der Waals surface area contributed by atoms with E-state index in [0.717, 1.165) is 111 Å². The third-order valence-electron chi connectivity index (χ3n) is 13.4. The third-order valence-corrected chi connectivity index (χ3v) is 15.0. The van der Waals surface area contributed by atoms with Crippen molar-refractivity contribution in [2.24, 2.45) is 29.6 Å². The summed E-state index contributed by atoms with van der Waals surface area (Å²) in [5.41, 5.74) is 0. The molecule has 5 fully saturated rings. The zero-order valence-electron chi connectivity index (χ0n) is 51.6. The van der Waals surface area contributed by atoms with E-state index in [1.807, 2.05) is 7.05 Å². The van der Waals surface area contributed by atoms with Gasteiger partial charge in [0.15, 0.2) is 40.5 Å². The molecule has 28 nitrogen and oxygen atoms in total. The van der Waals surface area contributed by atoms with E-state index in [2.05, 4.69) is 99.8 Å². The minimum atomic E-state index is -0.682. The molecule has 9 heterocycles. The molecule has 1 atom stereocenters. The number of fused-ring (bicyclic) bond motifs is 1. The van der Waals surface area contributed by atoms with Crippen LogP contribution in [-0.4, -0.2) is 207 Å². The fourth-order valence-corrected chi connectivity index (χ4v) is 9.78. The first-order chi connectivity index (χ1) is 42.6. The van der Waals surface area contributed by atoms with Crippen LogP contribution in [-0.2, 0) is 71.7 Å². The molecule has 6 aliphatic heterocycles. The van der Waals surface area contributed by atoms with E-state index >= 15 is 0 Å². The topological polar surface area (TPSA) is 357 Å². The van der Waals surface area contributed by atoms with Crippen molar-refractivity contribution in [3.8, 4) is 17.2 Å². The maximum atomic E-state index is 12.0. The Kier molecular flexibility index (Phi) is 45.8. The van der Waals surface area contributed by atoms with E-state index in [1.165, 1.54) is 19.3 Å². The van der Waals surface area contributed by atoms with Gasteiger partial charge in [0.1, 0.15) is 24.8 Å². The standard InChI is InChI=1S/C12H16ClN3O3.C12H16ClN3O2.2C7H11BrO2.C6H10O3.C5H6ClN3O.C4H6O4.C2H3BO2.Na/c1-14-11-10(6-15-12(13)16-11)19-7-9(17)8-2-4-18-5-3-8;1-16-9(8-2-4-17-5-3-8)7-18-10-6-14-12(13)15-11(10)16;2*8-5-7(9)6-1-3-10-4-2-6;7-6(8)5-1-3-9-4-2-5;1-7-4-3(10)2-8-5(6)9-4;1-3(5)7-8-4(2)6;1-2(4)5-3;/h6,8H,2-5,7H2,1H3,(H,14,15,16);6,8-9H,2-5,7H2,1H3;2*6H,1-5H2;5H,1-4H2,(H,7,8);2,10H,1H3,(H,7,8,9);1-2H3;1H3;/q;;;;;;;-1;+1. The number of hydrogen-bond donors (Lipinski definition) is 4. The van der Waals surface area contributed by atoms with Gasteiger partial charge in [-0.3, -0.25) is 24.0 Å². The number of ether oxygens (including phenoxy) is 7. The first-order valence-electron chi connectivity index (χ1n) is 28.2. The Bertz CT molecular complexity index is 2570. The minimum absolute atomic E-state index is 0.